The summed E-state index contributed by atoms with van der Waals surface area (Å²) in [6.07, 6.45) is 3.38. The fourth-order valence-corrected chi connectivity index (χ4v) is 4.91. The van der Waals surface area contributed by atoms with Crippen molar-refractivity contribution in [2.24, 2.45) is 13.0 Å². The molecule has 0 spiro atoms. The molecule has 14 heteroatoms. The third kappa shape index (κ3) is 6.13. The van der Waals surface area contributed by atoms with E-state index in [1.165, 1.54) is 0 Å². The number of carbonyl (C=O) groups excluding carboxylic acids is 4. The van der Waals surface area contributed by atoms with Crippen molar-refractivity contribution < 1.29 is 43.7 Å². The zero-order valence-corrected chi connectivity index (χ0v) is 20.9. The van der Waals surface area contributed by atoms with Gasteiger partial charge in [-0.2, -0.15) is 0 Å². The number of nitrogens with one attached hydrogen (secondary N) is 2. The number of rotatable bonds is 10. The summed E-state index contributed by atoms with van der Waals surface area (Å²) in [7, 11) is 1.70. The summed E-state index contributed by atoms with van der Waals surface area (Å²) in [4.78, 5) is 75.5. The molecule has 4 N–H and O–H groups in total. The van der Waals surface area contributed by atoms with Crippen LogP contribution < -0.4 is 10.6 Å². The van der Waals surface area contributed by atoms with Gasteiger partial charge in [0.15, 0.2) is 0 Å². The van der Waals surface area contributed by atoms with Crippen LogP contribution in [0.3, 0.4) is 0 Å². The summed E-state index contributed by atoms with van der Waals surface area (Å²) in [5.74, 6) is -4.36. The van der Waals surface area contributed by atoms with Gasteiger partial charge in [-0.25, -0.2) is 9.59 Å². The number of aromatic nitrogens is 1. The van der Waals surface area contributed by atoms with Crippen molar-refractivity contribution in [1.29, 1.82) is 0 Å². The molecule has 38 heavy (non-hydrogen) atoms. The molecule has 2 aliphatic heterocycles. The standard InChI is InChI=1S/C24H31N5O9/c1-27-6-2-3-16(27)22(33)26-15-8-18(24(36)37)29(10-15)20(31)12-38-11-19(30)28-9-14(7-17(28)23(34)35)25-21(32)13-4-5-13/h2-3,6,13-15,17-18H,4-5,7-12H2,1H3,(H,25,32)(H,26,33)(H,34,35)(H,36,37)/t14-,15-,17-,18-/m0/s1. The molecule has 14 nitrogen and oxygen atoms in total. The van der Waals surface area contributed by atoms with Crippen LogP contribution in [0.2, 0.25) is 0 Å². The number of hydrogen-bond donors (Lipinski definition) is 4. The van der Waals surface area contributed by atoms with E-state index in [1.54, 1.807) is 29.9 Å². The average Bonchev–Trinajstić information content (AvgIpc) is 3.26. The first-order valence-electron chi connectivity index (χ1n) is 12.4. The highest BCUT2D eigenvalue weighted by Gasteiger charge is 2.43. The Balaban J connectivity index is 1.28. The molecule has 1 saturated carbocycles. The van der Waals surface area contributed by atoms with Crippen molar-refractivity contribution >= 4 is 35.6 Å². The Kier molecular flexibility index (Phi) is 7.99. The third-order valence-corrected chi connectivity index (χ3v) is 7.07. The number of ether oxygens (including phenoxy) is 1. The molecule has 206 valence electrons. The third-order valence-electron chi connectivity index (χ3n) is 7.07. The summed E-state index contributed by atoms with van der Waals surface area (Å²) >= 11 is 0. The molecule has 0 radical (unpaired) electrons. The van der Waals surface area contributed by atoms with Crippen LogP contribution in [0.25, 0.3) is 0 Å². The van der Waals surface area contributed by atoms with Gasteiger partial charge in [0.1, 0.15) is 31.0 Å². The molecule has 3 heterocycles. The monoisotopic (exact) mass is 533 g/mol. The molecular formula is C24H31N5O9. The quantitative estimate of drug-likeness (QED) is 0.275. The number of hydrogen-bond acceptors (Lipinski definition) is 7. The predicted octanol–water partition coefficient (Wildman–Crippen LogP) is -1.59. The van der Waals surface area contributed by atoms with E-state index in [0.29, 0.717) is 5.69 Å². The number of amides is 4. The zero-order valence-electron chi connectivity index (χ0n) is 20.9. The number of aryl methyl sites for hydroxylation is 1. The fraction of sp³-hybridized carbons (Fsp3) is 0.583. The Morgan fingerprint density at radius 1 is 0.895 bits per heavy atom. The van der Waals surface area contributed by atoms with E-state index in [0.717, 1.165) is 22.6 Å². The zero-order chi connectivity index (χ0) is 27.6. The maximum Gasteiger partial charge on any atom is 0.326 e. The maximum atomic E-state index is 12.7. The Bertz CT molecular complexity index is 1130. The van der Waals surface area contributed by atoms with Crippen LogP contribution in [0.1, 0.15) is 36.2 Å². The van der Waals surface area contributed by atoms with Crippen LogP contribution in [0, 0.1) is 5.92 Å². The number of likely N-dealkylation sites (tertiary alicyclic amines) is 2. The second-order valence-corrected chi connectivity index (χ2v) is 9.92. The van der Waals surface area contributed by atoms with Crippen LogP contribution in [0.5, 0.6) is 0 Å². The van der Waals surface area contributed by atoms with Gasteiger partial charge in [0.2, 0.25) is 17.7 Å². The highest BCUT2D eigenvalue weighted by molar-refractivity contribution is 5.93. The van der Waals surface area contributed by atoms with Crippen molar-refractivity contribution in [3.63, 3.8) is 0 Å². The number of nitrogens with zero attached hydrogens (tertiary/aromatic N) is 3. The topological polar surface area (TPSA) is 188 Å². The molecule has 4 amide bonds. The molecule has 0 aromatic carbocycles. The van der Waals surface area contributed by atoms with E-state index in [2.05, 4.69) is 10.6 Å². The van der Waals surface area contributed by atoms with Crippen LogP contribution >= 0.6 is 0 Å². The molecular weight excluding hydrogens is 502 g/mol. The number of aliphatic carboxylic acids is 2. The average molecular weight is 534 g/mol. The first kappa shape index (κ1) is 27.1. The molecule has 0 bridgehead atoms. The molecule has 2 saturated heterocycles. The molecule has 3 aliphatic rings. The lowest BCUT2D eigenvalue weighted by Crippen LogP contribution is -2.45. The second-order valence-electron chi connectivity index (χ2n) is 9.92. The van der Waals surface area contributed by atoms with Crippen molar-refractivity contribution in [1.82, 2.24) is 25.0 Å². The summed E-state index contributed by atoms with van der Waals surface area (Å²) in [5, 5.41) is 24.6. The number of carboxylic acid groups (broad SMARTS) is 2. The van der Waals surface area contributed by atoms with Gasteiger partial charge in [-0.3, -0.25) is 19.2 Å². The molecule has 4 rings (SSSR count). The lowest BCUT2D eigenvalue weighted by atomic mass is 10.1. The van der Waals surface area contributed by atoms with Gasteiger partial charge in [-0.05, 0) is 25.0 Å². The first-order chi connectivity index (χ1) is 18.0. The largest absolute Gasteiger partial charge is 0.480 e. The summed E-state index contributed by atoms with van der Waals surface area (Å²) in [6.45, 7) is -1.21. The van der Waals surface area contributed by atoms with Gasteiger partial charge in [0.05, 0.1) is 0 Å². The van der Waals surface area contributed by atoms with E-state index in [4.69, 9.17) is 4.74 Å². The first-order valence-corrected chi connectivity index (χ1v) is 12.4. The molecule has 1 aliphatic carbocycles. The smallest absolute Gasteiger partial charge is 0.326 e. The second kappa shape index (κ2) is 11.2. The van der Waals surface area contributed by atoms with Crippen LogP contribution in [0.4, 0.5) is 0 Å². The molecule has 0 unspecified atom stereocenters. The van der Waals surface area contributed by atoms with Gasteiger partial charge >= 0.3 is 11.9 Å². The van der Waals surface area contributed by atoms with Gasteiger partial charge in [-0.1, -0.05) is 0 Å². The lowest BCUT2D eigenvalue weighted by molar-refractivity contribution is -0.153. The lowest BCUT2D eigenvalue weighted by Gasteiger charge is -2.23. The normalized spacial score (nSPS) is 24.8. The summed E-state index contributed by atoms with van der Waals surface area (Å²) in [6, 6.07) is -0.0680. The Labute approximate surface area is 217 Å². The minimum absolute atomic E-state index is 0.0121. The fourth-order valence-electron chi connectivity index (χ4n) is 4.91. The Hall–Kier alpha value is -3.94. The van der Waals surface area contributed by atoms with E-state index < -0.39 is 67.0 Å². The highest BCUT2D eigenvalue weighted by atomic mass is 16.5. The SMILES string of the molecule is Cn1cccc1C(=O)N[C@H]1C[C@@H](C(=O)O)N(C(=O)COCC(=O)N2C[C@@H](NC(=O)C3CC3)C[C@H]2C(=O)O)C1. The van der Waals surface area contributed by atoms with E-state index in [1.807, 2.05) is 0 Å². The number of carbonyl (C=O) groups is 6. The number of carboxylic acids is 2. The predicted molar refractivity (Wildman–Crippen MR) is 128 cm³/mol. The van der Waals surface area contributed by atoms with E-state index in [-0.39, 0.29) is 37.8 Å². The van der Waals surface area contributed by atoms with E-state index >= 15 is 0 Å². The minimum atomic E-state index is -1.23. The summed E-state index contributed by atoms with van der Waals surface area (Å²) in [5.41, 5.74) is 0.388. The maximum absolute atomic E-state index is 12.7. The molecule has 4 atom stereocenters. The Morgan fingerprint density at radius 2 is 1.42 bits per heavy atom. The Morgan fingerprint density at radius 3 is 1.87 bits per heavy atom. The molecule has 1 aromatic heterocycles. The molecule has 3 fully saturated rings. The van der Waals surface area contributed by atoms with Gasteiger partial charge in [0, 0.05) is 57.2 Å². The van der Waals surface area contributed by atoms with Crippen molar-refractivity contribution in [2.75, 3.05) is 26.3 Å². The van der Waals surface area contributed by atoms with Crippen molar-refractivity contribution in [2.45, 2.75) is 49.9 Å². The van der Waals surface area contributed by atoms with E-state index in [9.17, 15) is 39.0 Å². The van der Waals surface area contributed by atoms with Gasteiger partial charge in [-0.15, -0.1) is 0 Å². The van der Waals surface area contributed by atoms with Gasteiger partial charge in [0.25, 0.3) is 5.91 Å². The molecule has 1 aromatic rings. The van der Waals surface area contributed by atoms with Crippen molar-refractivity contribution in [3.8, 4) is 0 Å². The van der Waals surface area contributed by atoms with Crippen LogP contribution in [-0.2, 0) is 35.8 Å². The van der Waals surface area contributed by atoms with Crippen LogP contribution in [0.15, 0.2) is 18.3 Å². The minimum Gasteiger partial charge on any atom is -0.480 e. The van der Waals surface area contributed by atoms with Crippen LogP contribution in [-0.4, -0.2) is 111 Å². The summed E-state index contributed by atoms with van der Waals surface area (Å²) < 4.78 is 6.86. The van der Waals surface area contributed by atoms with Crippen molar-refractivity contribution in [3.05, 3.63) is 24.0 Å². The van der Waals surface area contributed by atoms with Gasteiger partial charge < -0.3 is 40.0 Å². The highest BCUT2D eigenvalue weighted by Crippen LogP contribution is 2.30.